The molecule has 2 aromatic carbocycles. The molecule has 0 bridgehead atoms. The topological polar surface area (TPSA) is 104 Å². The van der Waals surface area contributed by atoms with Crippen LogP contribution in [-0.2, 0) is 10.8 Å². The largest absolute Gasteiger partial charge is 0.397 e. The molecule has 0 fully saturated rings. The van der Waals surface area contributed by atoms with Gasteiger partial charge in [0.2, 0.25) is 0 Å². The highest BCUT2D eigenvalue weighted by atomic mass is 14.7. The molecule has 8 N–H and O–H groups in total. The number of benzene rings is 2. The molecule has 4 nitrogen and oxygen atoms in total. The van der Waals surface area contributed by atoms with E-state index >= 15 is 0 Å². The molecule has 0 aromatic heterocycles. The van der Waals surface area contributed by atoms with Crippen molar-refractivity contribution in [1.82, 2.24) is 0 Å². The molecule has 4 heteroatoms. The standard InChI is InChI=1S/C18H24N4/c1-17(2)9-18(3,10-4-5-13(19)14(20)6-10)12-8-16(22)15(21)7-11(12)17/h4-8H,9,19-22H2,1-3H3. The zero-order valence-corrected chi connectivity index (χ0v) is 13.4. The Hall–Kier alpha value is -2.36. The maximum absolute atomic E-state index is 6.06. The van der Waals surface area contributed by atoms with Gasteiger partial charge in [0.1, 0.15) is 0 Å². The van der Waals surface area contributed by atoms with Crippen molar-refractivity contribution in [2.24, 2.45) is 0 Å². The summed E-state index contributed by atoms with van der Waals surface area (Å²) >= 11 is 0. The van der Waals surface area contributed by atoms with E-state index in [1.807, 2.05) is 24.3 Å². The fourth-order valence-corrected chi connectivity index (χ4v) is 3.90. The molecule has 0 saturated heterocycles. The van der Waals surface area contributed by atoms with E-state index < -0.39 is 0 Å². The lowest BCUT2D eigenvalue weighted by atomic mass is 9.75. The predicted molar refractivity (Wildman–Crippen MR) is 94.6 cm³/mol. The number of nitrogens with two attached hydrogens (primary N) is 4. The van der Waals surface area contributed by atoms with Gasteiger partial charge in [-0.25, -0.2) is 0 Å². The molecular formula is C18H24N4. The zero-order chi connectivity index (χ0) is 16.3. The lowest BCUT2D eigenvalue weighted by Gasteiger charge is -2.29. The van der Waals surface area contributed by atoms with Crippen LogP contribution in [0.3, 0.4) is 0 Å². The molecular weight excluding hydrogens is 272 g/mol. The molecule has 3 rings (SSSR count). The van der Waals surface area contributed by atoms with Crippen molar-refractivity contribution < 1.29 is 0 Å². The Balaban J connectivity index is 2.25. The second kappa shape index (κ2) is 4.32. The van der Waals surface area contributed by atoms with Crippen molar-refractivity contribution in [1.29, 1.82) is 0 Å². The molecule has 1 atom stereocenters. The van der Waals surface area contributed by atoms with Crippen molar-refractivity contribution in [2.75, 3.05) is 22.9 Å². The summed E-state index contributed by atoms with van der Waals surface area (Å²) in [5.41, 5.74) is 30.0. The minimum absolute atomic E-state index is 0.0298. The van der Waals surface area contributed by atoms with E-state index in [1.54, 1.807) is 0 Å². The van der Waals surface area contributed by atoms with Gasteiger partial charge in [-0.1, -0.05) is 26.8 Å². The highest BCUT2D eigenvalue weighted by molar-refractivity contribution is 5.71. The van der Waals surface area contributed by atoms with Gasteiger partial charge in [-0.15, -0.1) is 0 Å². The molecule has 0 spiro atoms. The van der Waals surface area contributed by atoms with Crippen LogP contribution in [0.25, 0.3) is 0 Å². The number of anilines is 4. The van der Waals surface area contributed by atoms with E-state index in [0.717, 1.165) is 12.0 Å². The Morgan fingerprint density at radius 3 is 1.86 bits per heavy atom. The van der Waals surface area contributed by atoms with Crippen molar-refractivity contribution >= 4 is 22.7 Å². The van der Waals surface area contributed by atoms with Crippen molar-refractivity contribution in [3.63, 3.8) is 0 Å². The number of rotatable bonds is 1. The van der Waals surface area contributed by atoms with Gasteiger partial charge in [0.15, 0.2) is 0 Å². The molecule has 1 aliphatic rings. The van der Waals surface area contributed by atoms with E-state index in [-0.39, 0.29) is 10.8 Å². The summed E-state index contributed by atoms with van der Waals surface area (Å²) < 4.78 is 0. The zero-order valence-electron chi connectivity index (χ0n) is 13.4. The molecule has 116 valence electrons. The monoisotopic (exact) mass is 296 g/mol. The predicted octanol–water partition coefficient (Wildman–Crippen LogP) is 3.00. The van der Waals surface area contributed by atoms with Gasteiger partial charge in [-0.3, -0.25) is 0 Å². The Morgan fingerprint density at radius 2 is 1.27 bits per heavy atom. The Bertz CT molecular complexity index is 764. The van der Waals surface area contributed by atoms with Gasteiger partial charge in [0.25, 0.3) is 0 Å². The van der Waals surface area contributed by atoms with Crippen LogP contribution >= 0.6 is 0 Å². The number of hydrogen-bond acceptors (Lipinski definition) is 4. The smallest absolute Gasteiger partial charge is 0.0551 e. The molecule has 0 amide bonds. The van der Waals surface area contributed by atoms with Gasteiger partial charge in [-0.05, 0) is 52.8 Å². The fraction of sp³-hybridized carbons (Fsp3) is 0.333. The first-order valence-electron chi connectivity index (χ1n) is 7.50. The molecule has 0 heterocycles. The third-order valence-corrected chi connectivity index (χ3v) is 5.07. The van der Waals surface area contributed by atoms with E-state index in [9.17, 15) is 0 Å². The molecule has 0 saturated carbocycles. The Labute approximate surface area is 131 Å². The van der Waals surface area contributed by atoms with Gasteiger partial charge >= 0.3 is 0 Å². The lowest BCUT2D eigenvalue weighted by molar-refractivity contribution is 0.425. The quantitative estimate of drug-likeness (QED) is 0.607. The SMILES string of the molecule is CC1(C)CC(C)(c2ccc(N)c(N)c2)c2cc(N)c(N)cc21. The van der Waals surface area contributed by atoms with E-state index in [2.05, 4.69) is 26.8 Å². The van der Waals surface area contributed by atoms with Crippen LogP contribution in [0, 0.1) is 0 Å². The minimum Gasteiger partial charge on any atom is -0.397 e. The van der Waals surface area contributed by atoms with Crippen LogP contribution in [0.1, 0.15) is 43.9 Å². The fourth-order valence-electron chi connectivity index (χ4n) is 3.90. The molecule has 1 aliphatic carbocycles. The summed E-state index contributed by atoms with van der Waals surface area (Å²) in [4.78, 5) is 0. The molecule has 0 aliphatic heterocycles. The summed E-state index contributed by atoms with van der Waals surface area (Å²) in [6.07, 6.45) is 0.974. The normalized spacial score (nSPS) is 22.5. The number of hydrogen-bond donors (Lipinski definition) is 4. The first-order chi connectivity index (χ1) is 10.1. The maximum Gasteiger partial charge on any atom is 0.0551 e. The van der Waals surface area contributed by atoms with Gasteiger partial charge < -0.3 is 22.9 Å². The summed E-state index contributed by atoms with van der Waals surface area (Å²) in [6.45, 7) is 6.72. The van der Waals surface area contributed by atoms with Gasteiger partial charge in [0, 0.05) is 5.41 Å². The van der Waals surface area contributed by atoms with Crippen molar-refractivity contribution in [3.8, 4) is 0 Å². The van der Waals surface area contributed by atoms with Crippen LogP contribution in [0.4, 0.5) is 22.7 Å². The minimum atomic E-state index is -0.150. The average molecular weight is 296 g/mol. The Kier molecular flexibility index (Phi) is 2.86. The number of nitrogen functional groups attached to an aromatic ring is 4. The van der Waals surface area contributed by atoms with Gasteiger partial charge in [0.05, 0.1) is 22.7 Å². The van der Waals surface area contributed by atoms with E-state index in [0.29, 0.717) is 22.7 Å². The van der Waals surface area contributed by atoms with E-state index in [1.165, 1.54) is 11.1 Å². The van der Waals surface area contributed by atoms with Gasteiger partial charge in [-0.2, -0.15) is 0 Å². The van der Waals surface area contributed by atoms with Crippen LogP contribution in [-0.4, -0.2) is 0 Å². The average Bonchev–Trinajstić information content (AvgIpc) is 2.62. The highest BCUT2D eigenvalue weighted by Crippen LogP contribution is 2.54. The summed E-state index contributed by atoms with van der Waals surface area (Å²) in [5, 5.41) is 0. The summed E-state index contributed by atoms with van der Waals surface area (Å²) in [5.74, 6) is 0. The Morgan fingerprint density at radius 1 is 0.727 bits per heavy atom. The highest BCUT2D eigenvalue weighted by Gasteiger charge is 2.46. The third kappa shape index (κ3) is 1.90. The first-order valence-corrected chi connectivity index (χ1v) is 7.50. The number of fused-ring (bicyclic) bond motifs is 1. The lowest BCUT2D eigenvalue weighted by Crippen LogP contribution is -2.23. The summed E-state index contributed by atoms with van der Waals surface area (Å²) in [6, 6.07) is 9.96. The maximum atomic E-state index is 6.06. The first kappa shape index (κ1) is 14.6. The van der Waals surface area contributed by atoms with Crippen LogP contribution in [0.15, 0.2) is 30.3 Å². The van der Waals surface area contributed by atoms with Crippen molar-refractivity contribution in [3.05, 3.63) is 47.0 Å². The van der Waals surface area contributed by atoms with E-state index in [4.69, 9.17) is 22.9 Å². The van der Waals surface area contributed by atoms with Crippen LogP contribution in [0.2, 0.25) is 0 Å². The van der Waals surface area contributed by atoms with Crippen molar-refractivity contribution in [2.45, 2.75) is 38.0 Å². The second-order valence-corrected chi connectivity index (χ2v) is 7.26. The second-order valence-electron chi connectivity index (χ2n) is 7.26. The van der Waals surface area contributed by atoms with Crippen LogP contribution < -0.4 is 22.9 Å². The molecule has 1 unspecified atom stereocenters. The van der Waals surface area contributed by atoms with Crippen LogP contribution in [0.5, 0.6) is 0 Å². The third-order valence-electron chi connectivity index (χ3n) is 5.07. The molecule has 22 heavy (non-hydrogen) atoms. The summed E-state index contributed by atoms with van der Waals surface area (Å²) in [7, 11) is 0. The molecule has 2 aromatic rings. The molecule has 0 radical (unpaired) electrons.